The van der Waals surface area contributed by atoms with Crippen LogP contribution in [0.5, 0.6) is 0 Å². The number of halogens is 1. The highest BCUT2D eigenvalue weighted by atomic mass is 19.1. The average Bonchev–Trinajstić information content (AvgIpc) is 2.03. The lowest BCUT2D eigenvalue weighted by Crippen LogP contribution is -2.31. The van der Waals surface area contributed by atoms with E-state index in [1.54, 1.807) is 13.8 Å². The molecule has 0 radical (unpaired) electrons. The number of hydrogen-bond acceptors (Lipinski definition) is 1. The molecule has 1 aliphatic rings. The standard InChI is InChI=1S/C10H19FO/c1-9(2)5-7(8(12)6-9)10(3,4)11/h7-8,12H,5-6H2,1-4H3/t7-,8-/m1/s1. The van der Waals surface area contributed by atoms with E-state index in [1.807, 2.05) is 0 Å². The zero-order valence-corrected chi connectivity index (χ0v) is 8.39. The molecular formula is C10H19FO. The minimum Gasteiger partial charge on any atom is -0.393 e. The third-order valence-electron chi connectivity index (χ3n) is 2.88. The average molecular weight is 174 g/mol. The Morgan fingerprint density at radius 3 is 2.00 bits per heavy atom. The van der Waals surface area contributed by atoms with Crippen LogP contribution in [0, 0.1) is 11.3 Å². The van der Waals surface area contributed by atoms with E-state index in [-0.39, 0.29) is 11.3 Å². The van der Waals surface area contributed by atoms with Gasteiger partial charge in [0.2, 0.25) is 0 Å². The maximum Gasteiger partial charge on any atom is 0.110 e. The van der Waals surface area contributed by atoms with Crippen molar-refractivity contribution in [3.05, 3.63) is 0 Å². The largest absolute Gasteiger partial charge is 0.393 e. The Bertz CT molecular complexity index is 169. The fraction of sp³-hybridized carbons (Fsp3) is 1.00. The van der Waals surface area contributed by atoms with E-state index in [4.69, 9.17) is 0 Å². The van der Waals surface area contributed by atoms with Crippen LogP contribution in [0.1, 0.15) is 40.5 Å². The van der Waals surface area contributed by atoms with Crippen LogP contribution in [0.15, 0.2) is 0 Å². The molecule has 72 valence electrons. The number of rotatable bonds is 1. The van der Waals surface area contributed by atoms with Crippen LogP contribution in [-0.4, -0.2) is 16.9 Å². The van der Waals surface area contributed by atoms with Crippen LogP contribution in [0.3, 0.4) is 0 Å². The lowest BCUT2D eigenvalue weighted by atomic mass is 9.85. The normalized spacial score (nSPS) is 35.5. The molecule has 0 bridgehead atoms. The van der Waals surface area contributed by atoms with Gasteiger partial charge in [-0.2, -0.15) is 0 Å². The van der Waals surface area contributed by atoms with Crippen LogP contribution >= 0.6 is 0 Å². The molecule has 0 aromatic carbocycles. The zero-order valence-electron chi connectivity index (χ0n) is 8.39. The molecule has 0 aromatic rings. The summed E-state index contributed by atoms with van der Waals surface area (Å²) in [5, 5.41) is 9.62. The Hall–Kier alpha value is -0.110. The Morgan fingerprint density at radius 2 is 1.83 bits per heavy atom. The fourth-order valence-electron chi connectivity index (χ4n) is 2.22. The topological polar surface area (TPSA) is 20.2 Å². The molecule has 0 aromatic heterocycles. The molecule has 1 aliphatic carbocycles. The van der Waals surface area contributed by atoms with Crippen molar-refractivity contribution in [1.82, 2.24) is 0 Å². The molecule has 0 heterocycles. The smallest absolute Gasteiger partial charge is 0.110 e. The summed E-state index contributed by atoms with van der Waals surface area (Å²) in [6.07, 6.45) is 1.06. The molecule has 1 nitrogen and oxygen atoms in total. The van der Waals surface area contributed by atoms with E-state index in [9.17, 15) is 9.50 Å². The monoisotopic (exact) mass is 174 g/mol. The van der Waals surface area contributed by atoms with E-state index in [1.165, 1.54) is 0 Å². The first-order chi connectivity index (χ1) is 5.22. The number of alkyl halides is 1. The second-order valence-corrected chi connectivity index (χ2v) is 5.31. The minimum atomic E-state index is -1.24. The van der Waals surface area contributed by atoms with Gasteiger partial charge >= 0.3 is 0 Å². The summed E-state index contributed by atoms with van der Waals surface area (Å²) in [6.45, 7) is 7.29. The molecule has 1 N–H and O–H groups in total. The lowest BCUT2D eigenvalue weighted by molar-refractivity contribution is 0.0311. The Kier molecular flexibility index (Phi) is 2.24. The van der Waals surface area contributed by atoms with Gasteiger partial charge in [0, 0.05) is 5.92 Å². The second kappa shape index (κ2) is 2.69. The van der Waals surface area contributed by atoms with E-state index in [0.29, 0.717) is 0 Å². The second-order valence-electron chi connectivity index (χ2n) is 5.31. The van der Waals surface area contributed by atoms with Crippen molar-refractivity contribution in [3.63, 3.8) is 0 Å². The minimum absolute atomic E-state index is 0.105. The van der Waals surface area contributed by atoms with Crippen molar-refractivity contribution in [3.8, 4) is 0 Å². The molecule has 0 amide bonds. The zero-order chi connectivity index (χ0) is 9.57. The molecule has 0 spiro atoms. The van der Waals surface area contributed by atoms with Crippen LogP contribution in [-0.2, 0) is 0 Å². The van der Waals surface area contributed by atoms with Crippen LogP contribution < -0.4 is 0 Å². The van der Waals surface area contributed by atoms with Gasteiger partial charge in [-0.05, 0) is 32.1 Å². The molecule has 2 atom stereocenters. The van der Waals surface area contributed by atoms with Crippen LogP contribution in [0.4, 0.5) is 4.39 Å². The van der Waals surface area contributed by atoms with Gasteiger partial charge in [0.1, 0.15) is 5.67 Å². The molecule has 1 saturated carbocycles. The van der Waals surface area contributed by atoms with Crippen LogP contribution in [0.25, 0.3) is 0 Å². The molecule has 0 unspecified atom stereocenters. The quantitative estimate of drug-likeness (QED) is 0.647. The van der Waals surface area contributed by atoms with Gasteiger partial charge < -0.3 is 5.11 Å². The third kappa shape index (κ3) is 1.98. The fourth-order valence-corrected chi connectivity index (χ4v) is 2.22. The highest BCUT2D eigenvalue weighted by Crippen LogP contribution is 2.46. The summed E-state index contributed by atoms with van der Waals surface area (Å²) < 4.78 is 13.5. The molecule has 0 aliphatic heterocycles. The summed E-state index contributed by atoms with van der Waals surface area (Å²) in [7, 11) is 0. The van der Waals surface area contributed by atoms with Gasteiger partial charge in [-0.15, -0.1) is 0 Å². The highest BCUT2D eigenvalue weighted by Gasteiger charge is 2.45. The number of aliphatic hydroxyl groups excluding tert-OH is 1. The lowest BCUT2D eigenvalue weighted by Gasteiger charge is -2.26. The maximum absolute atomic E-state index is 13.5. The van der Waals surface area contributed by atoms with Crippen LogP contribution in [0.2, 0.25) is 0 Å². The van der Waals surface area contributed by atoms with E-state index < -0.39 is 11.8 Å². The Morgan fingerprint density at radius 1 is 1.33 bits per heavy atom. The summed E-state index contributed by atoms with van der Waals surface area (Å²) in [4.78, 5) is 0. The van der Waals surface area contributed by atoms with Crippen molar-refractivity contribution < 1.29 is 9.50 Å². The predicted octanol–water partition coefficient (Wildman–Crippen LogP) is 2.53. The third-order valence-corrected chi connectivity index (χ3v) is 2.88. The van der Waals surface area contributed by atoms with Gasteiger partial charge in [0.25, 0.3) is 0 Å². The summed E-state index contributed by atoms with van der Waals surface area (Å²) >= 11 is 0. The van der Waals surface area contributed by atoms with Gasteiger partial charge in [0.15, 0.2) is 0 Å². The van der Waals surface area contributed by atoms with Crippen molar-refractivity contribution in [2.24, 2.45) is 11.3 Å². The summed E-state index contributed by atoms with van der Waals surface area (Å²) in [5.41, 5.74) is -1.14. The first kappa shape index (κ1) is 9.97. The van der Waals surface area contributed by atoms with Crippen molar-refractivity contribution in [1.29, 1.82) is 0 Å². The predicted molar refractivity (Wildman–Crippen MR) is 47.7 cm³/mol. The van der Waals surface area contributed by atoms with E-state index in [2.05, 4.69) is 13.8 Å². The van der Waals surface area contributed by atoms with Gasteiger partial charge in [0.05, 0.1) is 6.10 Å². The van der Waals surface area contributed by atoms with Crippen molar-refractivity contribution >= 4 is 0 Å². The highest BCUT2D eigenvalue weighted by molar-refractivity contribution is 4.95. The molecule has 2 heteroatoms. The van der Waals surface area contributed by atoms with Crippen molar-refractivity contribution in [2.45, 2.75) is 52.3 Å². The summed E-state index contributed by atoms with van der Waals surface area (Å²) in [5.74, 6) is -0.188. The molecule has 1 rings (SSSR count). The maximum atomic E-state index is 13.5. The van der Waals surface area contributed by atoms with Gasteiger partial charge in [-0.25, -0.2) is 4.39 Å². The molecular weight excluding hydrogens is 155 g/mol. The van der Waals surface area contributed by atoms with Crippen molar-refractivity contribution in [2.75, 3.05) is 0 Å². The first-order valence-corrected chi connectivity index (χ1v) is 4.59. The first-order valence-electron chi connectivity index (χ1n) is 4.59. The van der Waals surface area contributed by atoms with E-state index >= 15 is 0 Å². The molecule has 12 heavy (non-hydrogen) atoms. The molecule has 0 saturated heterocycles. The summed E-state index contributed by atoms with van der Waals surface area (Å²) in [6, 6.07) is 0. The van der Waals surface area contributed by atoms with Gasteiger partial charge in [-0.3, -0.25) is 0 Å². The SMILES string of the molecule is CC1(C)C[C@@H](O)[C@H](C(C)(C)F)C1. The molecule has 1 fully saturated rings. The number of hydrogen-bond donors (Lipinski definition) is 1. The Balaban J connectivity index is 2.71. The number of aliphatic hydroxyl groups is 1. The van der Waals surface area contributed by atoms with Gasteiger partial charge in [-0.1, -0.05) is 13.8 Å². The van der Waals surface area contributed by atoms with E-state index in [0.717, 1.165) is 12.8 Å². The Labute approximate surface area is 74.0 Å².